The van der Waals surface area contributed by atoms with E-state index in [9.17, 15) is 0 Å². The lowest BCUT2D eigenvalue weighted by molar-refractivity contribution is 0.101. The van der Waals surface area contributed by atoms with Crippen LogP contribution in [-0.2, 0) is 6.42 Å². The summed E-state index contributed by atoms with van der Waals surface area (Å²) in [6, 6.07) is 5.10. The molecule has 0 amide bonds. The average molecular weight is 291 g/mol. The molecule has 1 aliphatic heterocycles. The van der Waals surface area contributed by atoms with Crippen LogP contribution in [0.25, 0.3) is 0 Å². The summed E-state index contributed by atoms with van der Waals surface area (Å²) in [5.74, 6) is 0.662. The molecular formula is C16H29N5. The number of hydrogen-bond acceptors (Lipinski definition) is 5. The summed E-state index contributed by atoms with van der Waals surface area (Å²) >= 11 is 0. The molecule has 2 heterocycles. The molecule has 5 nitrogen and oxygen atoms in total. The van der Waals surface area contributed by atoms with Gasteiger partial charge in [-0.05, 0) is 45.1 Å². The zero-order valence-corrected chi connectivity index (χ0v) is 13.5. The Bertz CT molecular complexity index is 436. The van der Waals surface area contributed by atoms with Crippen LogP contribution >= 0.6 is 0 Å². The van der Waals surface area contributed by atoms with E-state index in [0.717, 1.165) is 44.6 Å². The molecule has 5 heteroatoms. The normalized spacial score (nSPS) is 22.3. The lowest BCUT2D eigenvalue weighted by Crippen LogP contribution is -2.52. The Labute approximate surface area is 128 Å². The Morgan fingerprint density at radius 2 is 2.24 bits per heavy atom. The van der Waals surface area contributed by atoms with E-state index in [1.165, 1.54) is 0 Å². The predicted molar refractivity (Wildman–Crippen MR) is 88.4 cm³/mol. The molecule has 1 saturated heterocycles. The predicted octanol–water partition coefficient (Wildman–Crippen LogP) is 0.820. The highest BCUT2D eigenvalue weighted by Gasteiger charge is 2.25. The van der Waals surface area contributed by atoms with Crippen LogP contribution in [-0.4, -0.2) is 67.1 Å². The summed E-state index contributed by atoms with van der Waals surface area (Å²) in [4.78, 5) is 9.10. The number of rotatable bonds is 6. The van der Waals surface area contributed by atoms with Crippen LogP contribution < -0.4 is 11.1 Å². The summed E-state index contributed by atoms with van der Waals surface area (Å²) in [5.41, 5.74) is 7.14. The second-order valence-corrected chi connectivity index (χ2v) is 6.14. The number of nitrogens with one attached hydrogen (secondary N) is 1. The first kappa shape index (κ1) is 16.2. The molecule has 1 aromatic heterocycles. The van der Waals surface area contributed by atoms with E-state index in [1.54, 1.807) is 6.20 Å². The van der Waals surface area contributed by atoms with Gasteiger partial charge in [-0.2, -0.15) is 0 Å². The van der Waals surface area contributed by atoms with Crippen LogP contribution in [0.1, 0.15) is 18.9 Å². The highest BCUT2D eigenvalue weighted by atomic mass is 15.3. The first-order valence-corrected chi connectivity index (χ1v) is 7.91. The van der Waals surface area contributed by atoms with E-state index in [-0.39, 0.29) is 0 Å². The number of pyridine rings is 1. The van der Waals surface area contributed by atoms with Gasteiger partial charge in [0.25, 0.3) is 0 Å². The second kappa shape index (κ2) is 7.73. The SMILES string of the molecule is CCNC(Cc1cccnc1N)CC1CN(C)CCN1C. The van der Waals surface area contributed by atoms with E-state index >= 15 is 0 Å². The first-order valence-electron chi connectivity index (χ1n) is 7.91. The third-order valence-electron chi connectivity index (χ3n) is 4.42. The fraction of sp³-hybridized carbons (Fsp3) is 0.688. The largest absolute Gasteiger partial charge is 0.383 e. The molecule has 2 atom stereocenters. The molecule has 0 spiro atoms. The molecule has 21 heavy (non-hydrogen) atoms. The Balaban J connectivity index is 2.00. The maximum atomic E-state index is 5.99. The highest BCUT2D eigenvalue weighted by molar-refractivity contribution is 5.38. The summed E-state index contributed by atoms with van der Waals surface area (Å²) in [6.45, 7) is 6.60. The fourth-order valence-electron chi connectivity index (χ4n) is 3.10. The van der Waals surface area contributed by atoms with Gasteiger partial charge in [0, 0.05) is 37.9 Å². The fourth-order valence-corrected chi connectivity index (χ4v) is 3.10. The maximum absolute atomic E-state index is 5.99. The number of nitrogens with zero attached hydrogens (tertiary/aromatic N) is 3. The van der Waals surface area contributed by atoms with Crippen molar-refractivity contribution in [2.45, 2.75) is 31.8 Å². The minimum atomic E-state index is 0.445. The number of likely N-dealkylation sites (N-methyl/N-ethyl adjacent to an activating group) is 3. The number of piperazine rings is 1. The highest BCUT2D eigenvalue weighted by Crippen LogP contribution is 2.17. The van der Waals surface area contributed by atoms with Crippen molar-refractivity contribution < 1.29 is 0 Å². The Kier molecular flexibility index (Phi) is 5.96. The van der Waals surface area contributed by atoms with Gasteiger partial charge in [-0.3, -0.25) is 0 Å². The van der Waals surface area contributed by atoms with E-state index in [2.05, 4.69) is 47.2 Å². The molecular weight excluding hydrogens is 262 g/mol. The van der Waals surface area contributed by atoms with Gasteiger partial charge in [0.1, 0.15) is 5.82 Å². The quantitative estimate of drug-likeness (QED) is 0.813. The van der Waals surface area contributed by atoms with E-state index in [4.69, 9.17) is 5.73 Å². The molecule has 1 fully saturated rings. The zero-order valence-electron chi connectivity index (χ0n) is 13.5. The Morgan fingerprint density at radius 1 is 1.43 bits per heavy atom. The molecule has 1 aliphatic rings. The second-order valence-electron chi connectivity index (χ2n) is 6.14. The van der Waals surface area contributed by atoms with Crippen LogP contribution in [0.5, 0.6) is 0 Å². The topological polar surface area (TPSA) is 57.4 Å². The molecule has 0 bridgehead atoms. The van der Waals surface area contributed by atoms with E-state index in [0.29, 0.717) is 17.9 Å². The van der Waals surface area contributed by atoms with Gasteiger partial charge in [0.05, 0.1) is 0 Å². The molecule has 1 aromatic rings. The Hall–Kier alpha value is -1.17. The van der Waals surface area contributed by atoms with Gasteiger partial charge in [-0.15, -0.1) is 0 Å². The van der Waals surface area contributed by atoms with Crippen molar-refractivity contribution >= 4 is 5.82 Å². The minimum Gasteiger partial charge on any atom is -0.383 e. The van der Waals surface area contributed by atoms with Gasteiger partial charge >= 0.3 is 0 Å². The summed E-state index contributed by atoms with van der Waals surface area (Å²) in [6.07, 6.45) is 3.84. The summed E-state index contributed by atoms with van der Waals surface area (Å²) < 4.78 is 0. The number of anilines is 1. The van der Waals surface area contributed by atoms with Gasteiger partial charge in [0.2, 0.25) is 0 Å². The van der Waals surface area contributed by atoms with Crippen LogP contribution in [0.15, 0.2) is 18.3 Å². The Morgan fingerprint density at radius 3 is 2.95 bits per heavy atom. The van der Waals surface area contributed by atoms with Crippen molar-refractivity contribution in [3.8, 4) is 0 Å². The van der Waals surface area contributed by atoms with E-state index < -0.39 is 0 Å². The molecule has 0 radical (unpaired) electrons. The number of nitrogens with two attached hydrogens (primary N) is 1. The molecule has 118 valence electrons. The van der Waals surface area contributed by atoms with Crippen LogP contribution in [0.2, 0.25) is 0 Å². The third kappa shape index (κ3) is 4.66. The maximum Gasteiger partial charge on any atom is 0.126 e. The van der Waals surface area contributed by atoms with Crippen molar-refractivity contribution in [3.05, 3.63) is 23.9 Å². The minimum absolute atomic E-state index is 0.445. The van der Waals surface area contributed by atoms with Gasteiger partial charge in [0.15, 0.2) is 0 Å². The van der Waals surface area contributed by atoms with Gasteiger partial charge in [-0.1, -0.05) is 13.0 Å². The summed E-state index contributed by atoms with van der Waals surface area (Å²) in [5, 5.41) is 3.61. The van der Waals surface area contributed by atoms with Crippen LogP contribution in [0.3, 0.4) is 0 Å². The third-order valence-corrected chi connectivity index (χ3v) is 4.42. The van der Waals surface area contributed by atoms with Crippen LogP contribution in [0.4, 0.5) is 5.82 Å². The van der Waals surface area contributed by atoms with Crippen molar-refractivity contribution in [2.75, 3.05) is 46.0 Å². The smallest absolute Gasteiger partial charge is 0.126 e. The molecule has 2 rings (SSSR count). The average Bonchev–Trinajstić information content (AvgIpc) is 2.45. The lowest BCUT2D eigenvalue weighted by atomic mass is 9.97. The molecule has 0 aromatic carbocycles. The monoisotopic (exact) mass is 291 g/mol. The van der Waals surface area contributed by atoms with Crippen molar-refractivity contribution in [2.24, 2.45) is 0 Å². The van der Waals surface area contributed by atoms with Gasteiger partial charge < -0.3 is 20.9 Å². The molecule has 2 unspecified atom stereocenters. The first-order chi connectivity index (χ1) is 10.1. The molecule has 0 aliphatic carbocycles. The van der Waals surface area contributed by atoms with Crippen molar-refractivity contribution in [3.63, 3.8) is 0 Å². The molecule has 0 saturated carbocycles. The zero-order chi connectivity index (χ0) is 15.2. The summed E-state index contributed by atoms with van der Waals surface area (Å²) in [7, 11) is 4.44. The number of hydrogen-bond donors (Lipinski definition) is 2. The standard InChI is InChI=1S/C16H29N5/c1-4-18-14(10-13-6-5-7-19-16(13)17)11-15-12-20(2)8-9-21(15)3/h5-7,14-15,18H,4,8-12H2,1-3H3,(H2,17,19). The van der Waals surface area contributed by atoms with Gasteiger partial charge in [-0.25, -0.2) is 4.98 Å². The molecule has 3 N–H and O–H groups in total. The lowest BCUT2D eigenvalue weighted by Gasteiger charge is -2.39. The van der Waals surface area contributed by atoms with E-state index in [1.807, 2.05) is 6.07 Å². The number of nitrogen functional groups attached to an aromatic ring is 1. The van der Waals surface area contributed by atoms with Crippen LogP contribution in [0, 0.1) is 0 Å². The number of aromatic nitrogens is 1. The van der Waals surface area contributed by atoms with Crippen molar-refractivity contribution in [1.82, 2.24) is 20.1 Å². The van der Waals surface area contributed by atoms with Crippen molar-refractivity contribution in [1.29, 1.82) is 0 Å².